The molecule has 0 aromatic carbocycles. The first-order chi connectivity index (χ1) is 8.70. The van der Waals surface area contributed by atoms with Gasteiger partial charge in [0.25, 0.3) is 0 Å². The smallest absolute Gasteiger partial charge is 0.207 e. The van der Waals surface area contributed by atoms with Crippen molar-refractivity contribution in [3.63, 3.8) is 0 Å². The van der Waals surface area contributed by atoms with Gasteiger partial charge in [0.15, 0.2) is 11.5 Å². The Hall–Kier alpha value is -2.19. The quantitative estimate of drug-likeness (QED) is 0.635. The molecule has 2 aromatic heterocycles. The average molecular weight is 249 g/mol. The Bertz CT molecular complexity index is 623. The monoisotopic (exact) mass is 249 g/mol. The Kier molecular flexibility index (Phi) is 2.39. The van der Waals surface area contributed by atoms with Crippen molar-refractivity contribution in [2.75, 3.05) is 12.3 Å². The molecular weight excluding hydrogens is 238 g/mol. The first kappa shape index (κ1) is 10.9. The summed E-state index contributed by atoms with van der Waals surface area (Å²) in [4.78, 5) is 12.0. The van der Waals surface area contributed by atoms with Gasteiger partial charge in [-0.05, 0) is 6.08 Å². The number of imidazole rings is 1. The molecule has 8 nitrogen and oxygen atoms in total. The average Bonchev–Trinajstić information content (AvgIpc) is 2.93. The third-order valence-electron chi connectivity index (χ3n) is 2.74. The van der Waals surface area contributed by atoms with Crippen molar-refractivity contribution >= 4 is 17.0 Å². The fraction of sp³-hybridized carbons (Fsp3) is 0.300. The maximum atomic E-state index is 9.86. The maximum Gasteiger partial charge on any atom is 0.207 e. The normalized spacial score (nSPS) is 23.1. The van der Waals surface area contributed by atoms with Crippen molar-refractivity contribution in [3.8, 4) is 0 Å². The molecule has 1 aliphatic heterocycles. The summed E-state index contributed by atoms with van der Waals surface area (Å²) in [5, 5.41) is 18.8. The number of fused-ring (bicyclic) bond motifs is 1. The number of aromatic nitrogens is 4. The zero-order valence-corrected chi connectivity index (χ0v) is 9.26. The molecule has 0 unspecified atom stereocenters. The molecule has 0 bridgehead atoms. The molecule has 94 valence electrons. The molecule has 0 fully saturated rings. The van der Waals surface area contributed by atoms with Crippen LogP contribution in [-0.4, -0.2) is 42.4 Å². The van der Waals surface area contributed by atoms with Gasteiger partial charge >= 0.3 is 0 Å². The minimum atomic E-state index is -0.874. The van der Waals surface area contributed by atoms with Crippen LogP contribution in [0, 0.1) is 0 Å². The molecule has 0 saturated heterocycles. The predicted octanol–water partition coefficient (Wildman–Crippen LogP) is -0.826. The second kappa shape index (κ2) is 3.93. The zero-order valence-electron chi connectivity index (χ0n) is 9.26. The highest BCUT2D eigenvalue weighted by molar-refractivity contribution is 5.81. The van der Waals surface area contributed by atoms with E-state index in [1.807, 2.05) is 0 Å². The minimum Gasteiger partial charge on any atom is -0.469 e. The zero-order chi connectivity index (χ0) is 12.7. The summed E-state index contributed by atoms with van der Waals surface area (Å²) in [5.41, 5.74) is 6.59. The lowest BCUT2D eigenvalue weighted by molar-refractivity contribution is -0.00500. The van der Waals surface area contributed by atoms with Gasteiger partial charge in [0.2, 0.25) is 6.23 Å². The highest BCUT2D eigenvalue weighted by Crippen LogP contribution is 2.29. The molecule has 18 heavy (non-hydrogen) atoms. The number of nitrogen functional groups attached to an aromatic ring is 1. The summed E-state index contributed by atoms with van der Waals surface area (Å²) in [7, 11) is 0. The number of anilines is 1. The summed E-state index contributed by atoms with van der Waals surface area (Å²) in [6.07, 6.45) is 2.66. The van der Waals surface area contributed by atoms with Gasteiger partial charge in [-0.1, -0.05) is 0 Å². The van der Waals surface area contributed by atoms with Gasteiger partial charge in [0.05, 0.1) is 0 Å². The number of ether oxygens (including phenoxy) is 1. The van der Waals surface area contributed by atoms with Crippen LogP contribution in [0.4, 0.5) is 5.82 Å². The van der Waals surface area contributed by atoms with Gasteiger partial charge in [-0.3, -0.25) is 4.57 Å². The van der Waals surface area contributed by atoms with E-state index in [9.17, 15) is 5.11 Å². The van der Waals surface area contributed by atoms with Crippen LogP contribution in [0.5, 0.6) is 0 Å². The molecule has 2 aromatic rings. The first-order valence-corrected chi connectivity index (χ1v) is 5.30. The molecule has 3 heterocycles. The molecular formula is C10H11N5O3. The molecule has 2 atom stereocenters. The Labute approximate surface area is 101 Å². The number of aliphatic hydroxyl groups excluding tert-OH is 2. The molecule has 0 saturated carbocycles. The SMILES string of the molecule is Nc1ncnc2c1ncn2[C@@H]1OC(CO)=C[C@H]1O. The molecule has 8 heteroatoms. The highest BCUT2D eigenvalue weighted by atomic mass is 16.5. The minimum absolute atomic E-state index is 0.265. The molecule has 0 amide bonds. The van der Waals surface area contributed by atoms with Crippen molar-refractivity contribution in [2.24, 2.45) is 0 Å². The second-order valence-corrected chi connectivity index (χ2v) is 3.87. The van der Waals surface area contributed by atoms with E-state index in [-0.39, 0.29) is 12.4 Å². The summed E-state index contributed by atoms with van der Waals surface area (Å²) >= 11 is 0. The van der Waals surface area contributed by atoms with Gasteiger partial charge in [-0.15, -0.1) is 0 Å². The largest absolute Gasteiger partial charge is 0.469 e. The van der Waals surface area contributed by atoms with E-state index in [0.717, 1.165) is 0 Å². The van der Waals surface area contributed by atoms with E-state index in [4.69, 9.17) is 15.6 Å². The lowest BCUT2D eigenvalue weighted by Crippen LogP contribution is -2.19. The Morgan fingerprint density at radius 3 is 2.94 bits per heavy atom. The van der Waals surface area contributed by atoms with Gasteiger partial charge in [0.1, 0.15) is 36.6 Å². The third kappa shape index (κ3) is 1.50. The van der Waals surface area contributed by atoms with E-state index in [0.29, 0.717) is 16.9 Å². The second-order valence-electron chi connectivity index (χ2n) is 3.87. The lowest BCUT2D eigenvalue weighted by Gasteiger charge is -2.17. The summed E-state index contributed by atoms with van der Waals surface area (Å²) < 4.78 is 6.95. The Morgan fingerprint density at radius 2 is 2.22 bits per heavy atom. The molecule has 4 N–H and O–H groups in total. The number of rotatable bonds is 2. The molecule has 0 radical (unpaired) electrons. The van der Waals surface area contributed by atoms with Crippen molar-refractivity contribution < 1.29 is 14.9 Å². The Balaban J connectivity index is 2.04. The number of aliphatic hydroxyl groups is 2. The number of hydrogen-bond acceptors (Lipinski definition) is 7. The molecule has 1 aliphatic rings. The highest BCUT2D eigenvalue weighted by Gasteiger charge is 2.30. The lowest BCUT2D eigenvalue weighted by atomic mass is 10.3. The van der Waals surface area contributed by atoms with E-state index in [2.05, 4.69) is 15.0 Å². The fourth-order valence-corrected chi connectivity index (χ4v) is 1.90. The van der Waals surface area contributed by atoms with Crippen molar-refractivity contribution in [2.45, 2.75) is 12.3 Å². The summed E-state index contributed by atoms with van der Waals surface area (Å²) in [5.74, 6) is 0.581. The Morgan fingerprint density at radius 1 is 1.39 bits per heavy atom. The van der Waals surface area contributed by atoms with E-state index in [1.165, 1.54) is 18.7 Å². The first-order valence-electron chi connectivity index (χ1n) is 5.30. The van der Waals surface area contributed by atoms with Gasteiger partial charge < -0.3 is 20.7 Å². The van der Waals surface area contributed by atoms with Crippen molar-refractivity contribution in [1.29, 1.82) is 0 Å². The topological polar surface area (TPSA) is 119 Å². The predicted molar refractivity (Wildman–Crippen MR) is 61.0 cm³/mol. The standard InChI is InChI=1S/C10H11N5O3/c11-8-7-9(13-3-12-8)15(4-14-7)10-6(17)1-5(2-16)18-10/h1,3-4,6,10,16-17H,2H2,(H2,11,12,13)/t6-,10-/m1/s1. The van der Waals surface area contributed by atoms with Crippen molar-refractivity contribution in [3.05, 3.63) is 24.5 Å². The van der Waals surface area contributed by atoms with Gasteiger partial charge in [-0.2, -0.15) is 0 Å². The van der Waals surface area contributed by atoms with Crippen LogP contribution in [0.3, 0.4) is 0 Å². The van der Waals surface area contributed by atoms with Crippen LogP contribution >= 0.6 is 0 Å². The number of nitrogens with zero attached hydrogens (tertiary/aromatic N) is 4. The maximum absolute atomic E-state index is 9.86. The summed E-state index contributed by atoms with van der Waals surface area (Å²) in [6, 6.07) is 0. The van der Waals surface area contributed by atoms with Crippen LogP contribution in [-0.2, 0) is 4.74 Å². The van der Waals surface area contributed by atoms with Crippen LogP contribution in [0.2, 0.25) is 0 Å². The molecule has 0 spiro atoms. The summed E-state index contributed by atoms with van der Waals surface area (Å²) in [6.45, 7) is -0.267. The van der Waals surface area contributed by atoms with E-state index >= 15 is 0 Å². The number of hydrogen-bond donors (Lipinski definition) is 3. The van der Waals surface area contributed by atoms with E-state index < -0.39 is 12.3 Å². The van der Waals surface area contributed by atoms with E-state index in [1.54, 1.807) is 4.57 Å². The molecule has 0 aliphatic carbocycles. The van der Waals surface area contributed by atoms with Gasteiger partial charge in [0, 0.05) is 0 Å². The third-order valence-corrected chi connectivity index (χ3v) is 2.74. The van der Waals surface area contributed by atoms with Crippen LogP contribution in [0.25, 0.3) is 11.2 Å². The van der Waals surface area contributed by atoms with Crippen LogP contribution < -0.4 is 5.73 Å². The van der Waals surface area contributed by atoms with Crippen LogP contribution in [0.15, 0.2) is 24.5 Å². The van der Waals surface area contributed by atoms with Gasteiger partial charge in [-0.25, -0.2) is 15.0 Å². The van der Waals surface area contributed by atoms with Crippen LogP contribution in [0.1, 0.15) is 6.23 Å². The molecule has 3 rings (SSSR count). The number of nitrogens with two attached hydrogens (primary N) is 1. The van der Waals surface area contributed by atoms with Crippen molar-refractivity contribution in [1.82, 2.24) is 19.5 Å². The fourth-order valence-electron chi connectivity index (χ4n) is 1.90.